The quantitative estimate of drug-likeness (QED) is 0.370. The predicted molar refractivity (Wildman–Crippen MR) is 78.1 cm³/mol. The molecule has 0 bridgehead atoms. The van der Waals surface area contributed by atoms with Crippen molar-refractivity contribution in [3.8, 4) is 0 Å². The third kappa shape index (κ3) is 20.9. The fourth-order valence-electron chi connectivity index (χ4n) is 2.11. The maximum absolute atomic E-state index is 10.2. The zero-order valence-electron chi connectivity index (χ0n) is 14.0. The standard InChI is InChI=1S/C15H31NO2.Na.H/c1-2-3-4-5-6-7-8-9-10-11-12-13-16-14-15(17)18;;/h16H,2-14H2,1H3,(H,17,18);;/q;+1;-1. The number of hydrogen-bond donors (Lipinski definition) is 2. The largest absolute Gasteiger partial charge is 1.00 e. The van der Waals surface area contributed by atoms with Gasteiger partial charge in [0.15, 0.2) is 0 Å². The number of hydrogen-bond acceptors (Lipinski definition) is 2. The molecule has 0 spiro atoms. The second-order valence-corrected chi connectivity index (χ2v) is 5.11. The molecule has 0 aromatic heterocycles. The molecule has 0 heterocycles. The molecule has 110 valence electrons. The Morgan fingerprint density at radius 1 is 0.895 bits per heavy atom. The third-order valence-electron chi connectivity index (χ3n) is 3.23. The molecular weight excluding hydrogens is 249 g/mol. The number of carboxylic acids is 1. The first-order valence-electron chi connectivity index (χ1n) is 7.70. The molecule has 0 amide bonds. The van der Waals surface area contributed by atoms with Crippen LogP contribution < -0.4 is 34.9 Å². The van der Waals surface area contributed by atoms with Crippen molar-refractivity contribution in [2.45, 2.75) is 77.6 Å². The summed E-state index contributed by atoms with van der Waals surface area (Å²) in [6.45, 7) is 3.19. The van der Waals surface area contributed by atoms with Crippen LogP contribution in [0.4, 0.5) is 0 Å². The van der Waals surface area contributed by atoms with E-state index in [-0.39, 0.29) is 37.5 Å². The van der Waals surface area contributed by atoms with Crippen LogP contribution in [0.3, 0.4) is 0 Å². The maximum Gasteiger partial charge on any atom is 1.00 e. The van der Waals surface area contributed by atoms with Gasteiger partial charge in [-0.1, -0.05) is 71.1 Å². The summed E-state index contributed by atoms with van der Waals surface area (Å²) < 4.78 is 0. The van der Waals surface area contributed by atoms with Crippen molar-refractivity contribution in [1.82, 2.24) is 5.32 Å². The smallest absolute Gasteiger partial charge is 1.00 e. The van der Waals surface area contributed by atoms with E-state index in [9.17, 15) is 4.79 Å². The van der Waals surface area contributed by atoms with Gasteiger partial charge in [-0.25, -0.2) is 0 Å². The van der Waals surface area contributed by atoms with Crippen LogP contribution in [-0.4, -0.2) is 24.2 Å². The summed E-state index contributed by atoms with van der Waals surface area (Å²) >= 11 is 0. The van der Waals surface area contributed by atoms with E-state index in [1.165, 1.54) is 64.2 Å². The van der Waals surface area contributed by atoms with Gasteiger partial charge in [0.2, 0.25) is 0 Å². The summed E-state index contributed by atoms with van der Waals surface area (Å²) in [7, 11) is 0. The van der Waals surface area contributed by atoms with E-state index in [0.717, 1.165) is 13.0 Å². The van der Waals surface area contributed by atoms with Gasteiger partial charge in [0.1, 0.15) is 0 Å². The van der Waals surface area contributed by atoms with Crippen LogP contribution in [0.2, 0.25) is 0 Å². The van der Waals surface area contributed by atoms with Gasteiger partial charge in [-0.15, -0.1) is 0 Å². The minimum atomic E-state index is -0.766. The molecule has 0 saturated carbocycles. The van der Waals surface area contributed by atoms with Crippen LogP contribution in [0.25, 0.3) is 0 Å². The molecule has 19 heavy (non-hydrogen) atoms. The fraction of sp³-hybridized carbons (Fsp3) is 0.933. The van der Waals surface area contributed by atoms with Gasteiger partial charge in [-0.2, -0.15) is 0 Å². The molecule has 0 fully saturated rings. The molecule has 2 N–H and O–H groups in total. The monoisotopic (exact) mass is 281 g/mol. The minimum absolute atomic E-state index is 0. The Balaban J connectivity index is -0.00000144. The van der Waals surface area contributed by atoms with E-state index in [0.29, 0.717) is 0 Å². The van der Waals surface area contributed by atoms with Gasteiger partial charge in [-0.05, 0) is 13.0 Å². The SMILES string of the molecule is CCCCCCCCCCCCCNCC(=O)O.[H-].[Na+]. The van der Waals surface area contributed by atoms with Gasteiger partial charge in [0, 0.05) is 0 Å². The third-order valence-corrected chi connectivity index (χ3v) is 3.23. The van der Waals surface area contributed by atoms with Gasteiger partial charge in [0.05, 0.1) is 6.54 Å². The number of unbranched alkanes of at least 4 members (excludes halogenated alkanes) is 10. The van der Waals surface area contributed by atoms with Crippen LogP contribution in [-0.2, 0) is 4.79 Å². The van der Waals surface area contributed by atoms with E-state index in [4.69, 9.17) is 5.11 Å². The van der Waals surface area contributed by atoms with Gasteiger partial charge in [-0.3, -0.25) is 4.79 Å². The van der Waals surface area contributed by atoms with E-state index >= 15 is 0 Å². The van der Waals surface area contributed by atoms with E-state index in [1.54, 1.807) is 0 Å². The molecule has 0 aliphatic carbocycles. The summed E-state index contributed by atoms with van der Waals surface area (Å²) in [6.07, 6.45) is 14.7. The fourth-order valence-corrected chi connectivity index (χ4v) is 2.11. The van der Waals surface area contributed by atoms with Gasteiger partial charge >= 0.3 is 35.5 Å². The summed E-state index contributed by atoms with van der Waals surface area (Å²) in [5.74, 6) is -0.766. The minimum Gasteiger partial charge on any atom is -1.00 e. The second-order valence-electron chi connectivity index (χ2n) is 5.11. The summed E-state index contributed by atoms with van der Waals surface area (Å²) in [4.78, 5) is 10.2. The molecular formula is C15H32NNaO2. The van der Waals surface area contributed by atoms with Gasteiger partial charge < -0.3 is 11.8 Å². The van der Waals surface area contributed by atoms with Crippen molar-refractivity contribution in [3.63, 3.8) is 0 Å². The van der Waals surface area contributed by atoms with E-state index in [2.05, 4.69) is 12.2 Å². The average molecular weight is 281 g/mol. The number of nitrogens with one attached hydrogen (secondary N) is 1. The summed E-state index contributed by atoms with van der Waals surface area (Å²) in [5.41, 5.74) is 0. The Labute approximate surface area is 142 Å². The van der Waals surface area contributed by atoms with Crippen LogP contribution in [0.15, 0.2) is 0 Å². The number of aliphatic carboxylic acids is 1. The summed E-state index contributed by atoms with van der Waals surface area (Å²) in [6, 6.07) is 0. The first-order valence-corrected chi connectivity index (χ1v) is 7.70. The molecule has 0 atom stereocenters. The average Bonchev–Trinajstić information content (AvgIpc) is 2.34. The van der Waals surface area contributed by atoms with E-state index < -0.39 is 5.97 Å². The van der Waals surface area contributed by atoms with Crippen molar-refractivity contribution in [2.75, 3.05) is 13.1 Å². The topological polar surface area (TPSA) is 49.3 Å². The van der Waals surface area contributed by atoms with Crippen LogP contribution in [0, 0.1) is 0 Å². The van der Waals surface area contributed by atoms with Crippen LogP contribution in [0.5, 0.6) is 0 Å². The Bertz CT molecular complexity index is 195. The van der Waals surface area contributed by atoms with Gasteiger partial charge in [0.25, 0.3) is 0 Å². The Hall–Kier alpha value is 0.430. The van der Waals surface area contributed by atoms with Crippen molar-refractivity contribution in [3.05, 3.63) is 0 Å². The Morgan fingerprint density at radius 2 is 1.32 bits per heavy atom. The van der Waals surface area contributed by atoms with Crippen molar-refractivity contribution in [2.24, 2.45) is 0 Å². The molecule has 0 aliphatic heterocycles. The molecule has 4 heteroatoms. The van der Waals surface area contributed by atoms with E-state index in [1.807, 2.05) is 0 Å². The Kier molecular flexibility index (Phi) is 21.1. The van der Waals surface area contributed by atoms with Crippen LogP contribution in [0.1, 0.15) is 79.0 Å². The first-order chi connectivity index (χ1) is 8.77. The van der Waals surface area contributed by atoms with Crippen LogP contribution >= 0.6 is 0 Å². The molecule has 0 aromatic rings. The maximum atomic E-state index is 10.2. The first kappa shape index (κ1) is 21.7. The normalized spacial score (nSPS) is 10.2. The number of rotatable bonds is 14. The number of carbonyl (C=O) groups is 1. The molecule has 0 unspecified atom stereocenters. The molecule has 3 nitrogen and oxygen atoms in total. The molecule has 0 rings (SSSR count). The zero-order valence-corrected chi connectivity index (χ0v) is 15.0. The Morgan fingerprint density at radius 3 is 1.74 bits per heavy atom. The molecule has 0 radical (unpaired) electrons. The second kappa shape index (κ2) is 18.4. The predicted octanol–water partition coefficient (Wildman–Crippen LogP) is 1.09. The summed E-state index contributed by atoms with van der Waals surface area (Å²) in [5, 5.41) is 11.3. The molecule has 0 aromatic carbocycles. The zero-order chi connectivity index (χ0) is 13.5. The molecule has 0 aliphatic rings. The van der Waals surface area contributed by atoms with Crippen molar-refractivity contribution >= 4 is 5.97 Å². The van der Waals surface area contributed by atoms with Crippen molar-refractivity contribution < 1.29 is 40.9 Å². The van der Waals surface area contributed by atoms with Crippen molar-refractivity contribution in [1.29, 1.82) is 0 Å². The number of carboxylic acid groups (broad SMARTS) is 1. The molecule has 0 saturated heterocycles.